The molecule has 1 aliphatic heterocycles. The van der Waals surface area contributed by atoms with Gasteiger partial charge in [-0.1, -0.05) is 12.1 Å². The number of aryl methyl sites for hydroxylation is 1. The zero-order valence-electron chi connectivity index (χ0n) is 17.7. The summed E-state index contributed by atoms with van der Waals surface area (Å²) in [6.07, 6.45) is 1.03. The molecule has 32 heavy (non-hydrogen) atoms. The largest absolute Gasteiger partial charge is 0.417 e. The Kier molecular flexibility index (Phi) is 5.86. The SMILES string of the molecule is Cc1cccc(C(=O)N2CCC[C@H](Nc3ccc(C(F)(F)F)cn3)[C@H]2C)c1-n1nccn1. The number of nitrogens with one attached hydrogen (secondary N) is 1. The lowest BCUT2D eigenvalue weighted by atomic mass is 9.95. The van der Waals surface area contributed by atoms with Crippen molar-refractivity contribution in [3.8, 4) is 5.69 Å². The molecule has 3 heterocycles. The quantitative estimate of drug-likeness (QED) is 0.656. The Balaban J connectivity index is 1.55. The maximum absolute atomic E-state index is 13.5. The molecule has 0 unspecified atom stereocenters. The maximum atomic E-state index is 13.5. The van der Waals surface area contributed by atoms with Crippen LogP contribution in [0.25, 0.3) is 5.69 Å². The lowest BCUT2D eigenvalue weighted by Gasteiger charge is -2.40. The molecule has 0 radical (unpaired) electrons. The third-order valence-electron chi connectivity index (χ3n) is 5.76. The second-order valence-electron chi connectivity index (χ2n) is 7.85. The van der Waals surface area contributed by atoms with Crippen molar-refractivity contribution in [2.45, 2.75) is 44.9 Å². The normalized spacial score (nSPS) is 19.1. The van der Waals surface area contributed by atoms with Crippen molar-refractivity contribution in [1.29, 1.82) is 0 Å². The second kappa shape index (κ2) is 8.60. The van der Waals surface area contributed by atoms with Crippen LogP contribution in [0.2, 0.25) is 0 Å². The number of benzene rings is 1. The van der Waals surface area contributed by atoms with E-state index >= 15 is 0 Å². The molecule has 0 aliphatic carbocycles. The number of piperidine rings is 1. The summed E-state index contributed by atoms with van der Waals surface area (Å²) in [5, 5.41) is 11.6. The van der Waals surface area contributed by atoms with E-state index in [9.17, 15) is 18.0 Å². The van der Waals surface area contributed by atoms with Gasteiger partial charge in [0, 0.05) is 24.8 Å². The zero-order chi connectivity index (χ0) is 22.9. The molecule has 1 N–H and O–H groups in total. The number of aromatic nitrogens is 4. The van der Waals surface area contributed by atoms with Crippen LogP contribution in [0.5, 0.6) is 0 Å². The third-order valence-corrected chi connectivity index (χ3v) is 5.76. The van der Waals surface area contributed by atoms with E-state index in [0.717, 1.165) is 30.7 Å². The second-order valence-corrected chi connectivity index (χ2v) is 7.85. The van der Waals surface area contributed by atoms with Crippen LogP contribution in [0.15, 0.2) is 48.9 Å². The molecule has 168 valence electrons. The van der Waals surface area contributed by atoms with Crippen LogP contribution < -0.4 is 5.32 Å². The Morgan fingerprint density at radius 1 is 1.16 bits per heavy atom. The van der Waals surface area contributed by atoms with Crippen molar-refractivity contribution < 1.29 is 18.0 Å². The number of carbonyl (C=O) groups is 1. The molecule has 7 nitrogen and oxygen atoms in total. The highest BCUT2D eigenvalue weighted by atomic mass is 19.4. The van der Waals surface area contributed by atoms with Gasteiger partial charge in [-0.2, -0.15) is 28.2 Å². The van der Waals surface area contributed by atoms with E-state index in [4.69, 9.17) is 0 Å². The number of rotatable bonds is 4. The van der Waals surface area contributed by atoms with Gasteiger partial charge >= 0.3 is 6.18 Å². The van der Waals surface area contributed by atoms with Crippen LogP contribution in [-0.2, 0) is 6.18 Å². The third kappa shape index (κ3) is 4.30. The fourth-order valence-corrected chi connectivity index (χ4v) is 4.04. The van der Waals surface area contributed by atoms with Crippen LogP contribution >= 0.6 is 0 Å². The van der Waals surface area contributed by atoms with Gasteiger partial charge in [-0.25, -0.2) is 4.98 Å². The summed E-state index contributed by atoms with van der Waals surface area (Å²) < 4.78 is 38.4. The lowest BCUT2D eigenvalue weighted by molar-refractivity contribution is -0.137. The fourth-order valence-electron chi connectivity index (χ4n) is 4.04. The predicted octanol–water partition coefficient (Wildman–Crippen LogP) is 4.09. The van der Waals surface area contributed by atoms with Crippen LogP contribution in [0.1, 0.15) is 41.3 Å². The van der Waals surface area contributed by atoms with E-state index in [2.05, 4.69) is 20.5 Å². The molecule has 1 aromatic carbocycles. The first-order valence-corrected chi connectivity index (χ1v) is 10.3. The Morgan fingerprint density at radius 3 is 2.56 bits per heavy atom. The van der Waals surface area contributed by atoms with E-state index in [0.29, 0.717) is 23.6 Å². The van der Waals surface area contributed by atoms with E-state index in [1.807, 2.05) is 26.0 Å². The molecule has 2 aromatic heterocycles. The zero-order valence-corrected chi connectivity index (χ0v) is 17.7. The number of para-hydroxylation sites is 1. The van der Waals surface area contributed by atoms with Gasteiger partial charge in [0.25, 0.3) is 5.91 Å². The average molecular weight is 444 g/mol. The summed E-state index contributed by atoms with van der Waals surface area (Å²) in [6, 6.07) is 7.46. The first-order valence-electron chi connectivity index (χ1n) is 10.3. The summed E-state index contributed by atoms with van der Waals surface area (Å²) in [5.74, 6) is 0.210. The molecule has 2 atom stereocenters. The van der Waals surface area contributed by atoms with Gasteiger partial charge in [0.15, 0.2) is 0 Å². The number of halogens is 3. The van der Waals surface area contributed by atoms with Crippen molar-refractivity contribution in [2.75, 3.05) is 11.9 Å². The van der Waals surface area contributed by atoms with Gasteiger partial charge in [-0.05, 0) is 50.5 Å². The Hall–Kier alpha value is -3.43. The molecule has 1 fully saturated rings. The number of hydrogen-bond acceptors (Lipinski definition) is 5. The summed E-state index contributed by atoms with van der Waals surface area (Å²) in [6.45, 7) is 4.41. The van der Waals surface area contributed by atoms with Gasteiger partial charge in [0.1, 0.15) is 11.5 Å². The van der Waals surface area contributed by atoms with E-state index in [-0.39, 0.29) is 18.0 Å². The number of pyridine rings is 1. The smallest absolute Gasteiger partial charge is 0.365 e. The van der Waals surface area contributed by atoms with Crippen molar-refractivity contribution in [1.82, 2.24) is 24.9 Å². The van der Waals surface area contributed by atoms with Crippen LogP contribution in [0.4, 0.5) is 19.0 Å². The summed E-state index contributed by atoms with van der Waals surface area (Å²) >= 11 is 0. The summed E-state index contributed by atoms with van der Waals surface area (Å²) in [4.78, 5) is 20.7. The van der Waals surface area contributed by atoms with Crippen LogP contribution in [-0.4, -0.2) is 49.4 Å². The summed E-state index contributed by atoms with van der Waals surface area (Å²) in [7, 11) is 0. The number of anilines is 1. The Morgan fingerprint density at radius 2 is 1.91 bits per heavy atom. The van der Waals surface area contributed by atoms with Crippen molar-refractivity contribution in [3.05, 3.63) is 65.6 Å². The number of alkyl halides is 3. The molecule has 1 saturated heterocycles. The topological polar surface area (TPSA) is 75.9 Å². The van der Waals surface area contributed by atoms with E-state index in [1.165, 1.54) is 10.9 Å². The minimum absolute atomic E-state index is 0.139. The molecule has 10 heteroatoms. The Labute approximate surface area is 183 Å². The first kappa shape index (κ1) is 21.8. The minimum atomic E-state index is -4.43. The number of carbonyl (C=O) groups excluding carboxylic acids is 1. The van der Waals surface area contributed by atoms with Crippen molar-refractivity contribution in [3.63, 3.8) is 0 Å². The van der Waals surface area contributed by atoms with E-state index in [1.54, 1.807) is 23.4 Å². The average Bonchev–Trinajstić information content (AvgIpc) is 3.29. The molecule has 1 amide bonds. The molecular formula is C22H23F3N6O. The number of nitrogens with zero attached hydrogens (tertiary/aromatic N) is 5. The monoisotopic (exact) mass is 444 g/mol. The van der Waals surface area contributed by atoms with Crippen LogP contribution in [0.3, 0.4) is 0 Å². The summed E-state index contributed by atoms with van der Waals surface area (Å²) in [5.41, 5.74) is 1.21. The highest BCUT2D eigenvalue weighted by Crippen LogP contribution is 2.30. The van der Waals surface area contributed by atoms with Crippen molar-refractivity contribution >= 4 is 11.7 Å². The molecular weight excluding hydrogens is 421 g/mol. The molecule has 3 aromatic rings. The number of amides is 1. The predicted molar refractivity (Wildman–Crippen MR) is 112 cm³/mol. The molecule has 0 bridgehead atoms. The fraction of sp³-hybridized carbons (Fsp3) is 0.364. The van der Waals surface area contributed by atoms with Gasteiger partial charge < -0.3 is 10.2 Å². The van der Waals surface area contributed by atoms with Gasteiger partial charge in [0.2, 0.25) is 0 Å². The van der Waals surface area contributed by atoms with Gasteiger partial charge in [-0.15, -0.1) is 0 Å². The lowest BCUT2D eigenvalue weighted by Crippen LogP contribution is -2.52. The highest BCUT2D eigenvalue weighted by Gasteiger charge is 2.34. The standard InChI is InChI=1S/C22H23F3N6O/c1-14-5-3-6-17(20(14)31-27-10-11-28-31)21(32)30-12-4-7-18(15(30)2)29-19-9-8-16(13-26-19)22(23,24)25/h3,5-6,8-11,13,15,18H,4,7,12H2,1-2H3,(H,26,29)/t15-,18+/m1/s1. The Bertz CT molecular complexity index is 1080. The molecule has 4 rings (SSSR count). The first-order chi connectivity index (χ1) is 15.3. The maximum Gasteiger partial charge on any atom is 0.417 e. The number of hydrogen-bond donors (Lipinski definition) is 1. The molecule has 0 spiro atoms. The van der Waals surface area contributed by atoms with Crippen molar-refractivity contribution in [2.24, 2.45) is 0 Å². The highest BCUT2D eigenvalue weighted by molar-refractivity contribution is 5.98. The van der Waals surface area contributed by atoms with Gasteiger partial charge in [0.05, 0.1) is 23.5 Å². The minimum Gasteiger partial charge on any atom is -0.365 e. The van der Waals surface area contributed by atoms with Gasteiger partial charge in [-0.3, -0.25) is 4.79 Å². The molecule has 0 saturated carbocycles. The molecule has 1 aliphatic rings. The van der Waals surface area contributed by atoms with Crippen LogP contribution in [0, 0.1) is 6.92 Å². The van der Waals surface area contributed by atoms with E-state index < -0.39 is 11.7 Å². The number of likely N-dealkylation sites (tertiary alicyclic amines) is 1.